The van der Waals surface area contributed by atoms with Crippen LogP contribution in [-0.2, 0) is 28.6 Å². The molecule has 0 spiro atoms. The van der Waals surface area contributed by atoms with Crippen molar-refractivity contribution in [2.75, 3.05) is 13.2 Å². The zero-order valence-corrected chi connectivity index (χ0v) is 47.4. The van der Waals surface area contributed by atoms with Gasteiger partial charge in [-0.15, -0.1) is 0 Å². The van der Waals surface area contributed by atoms with Gasteiger partial charge >= 0.3 is 17.9 Å². The number of carbonyl (C=O) groups is 3. The summed E-state index contributed by atoms with van der Waals surface area (Å²) in [6.07, 6.45) is 78.5. The van der Waals surface area contributed by atoms with Gasteiger partial charge in [-0.25, -0.2) is 0 Å². The molecule has 0 amide bonds. The molecule has 0 saturated heterocycles. The zero-order valence-electron chi connectivity index (χ0n) is 47.4. The van der Waals surface area contributed by atoms with Crippen LogP contribution in [0.5, 0.6) is 0 Å². The van der Waals surface area contributed by atoms with Crippen LogP contribution in [0.3, 0.4) is 0 Å². The molecular weight excluding hydrogens is 889 g/mol. The van der Waals surface area contributed by atoms with Gasteiger partial charge in [0, 0.05) is 19.3 Å². The molecule has 0 saturated carbocycles. The topological polar surface area (TPSA) is 78.9 Å². The summed E-state index contributed by atoms with van der Waals surface area (Å²) >= 11 is 0. The third kappa shape index (κ3) is 57.5. The van der Waals surface area contributed by atoms with E-state index in [2.05, 4.69) is 81.5 Å². The van der Waals surface area contributed by atoms with Crippen molar-refractivity contribution >= 4 is 17.9 Å². The average molecular weight is 1000 g/mol. The van der Waals surface area contributed by atoms with Crippen molar-refractivity contribution in [1.82, 2.24) is 0 Å². The molecule has 0 aromatic heterocycles. The van der Waals surface area contributed by atoms with Crippen molar-refractivity contribution in [3.05, 3.63) is 85.1 Å². The molecule has 0 aliphatic rings. The SMILES string of the molecule is CCC\C=C/C=C\C=C/C=C\C=C/CCCCCCCC(=O)OC(COC(=O)CCCCCCCCC/C=C\CCCCCCCC)COC(=O)CCCCCCCCC/C=C\CCCCCCCCCC. The molecule has 0 heterocycles. The third-order valence-electron chi connectivity index (χ3n) is 13.2. The minimum atomic E-state index is -0.795. The second-order valence-corrected chi connectivity index (χ2v) is 20.4. The van der Waals surface area contributed by atoms with E-state index in [0.717, 1.165) is 83.5 Å². The summed E-state index contributed by atoms with van der Waals surface area (Å²) in [6, 6.07) is 0. The molecule has 6 heteroatoms. The molecule has 0 rings (SSSR count). The second-order valence-electron chi connectivity index (χ2n) is 20.4. The largest absolute Gasteiger partial charge is 0.462 e. The molecule has 1 unspecified atom stereocenters. The first-order chi connectivity index (χ1) is 35.5. The highest BCUT2D eigenvalue weighted by molar-refractivity contribution is 5.71. The fourth-order valence-corrected chi connectivity index (χ4v) is 8.58. The zero-order chi connectivity index (χ0) is 52.2. The van der Waals surface area contributed by atoms with E-state index in [1.54, 1.807) is 0 Å². The number of rotatable bonds is 55. The Morgan fingerprint density at radius 2 is 0.542 bits per heavy atom. The van der Waals surface area contributed by atoms with Gasteiger partial charge in [0.2, 0.25) is 0 Å². The molecule has 1 atom stereocenters. The van der Waals surface area contributed by atoms with Crippen molar-refractivity contribution in [3.63, 3.8) is 0 Å². The maximum absolute atomic E-state index is 12.9. The van der Waals surface area contributed by atoms with Gasteiger partial charge in [0.05, 0.1) is 0 Å². The molecular formula is C66H114O6. The standard InChI is InChI=1S/C66H114O6/c1-4-7-10-13-16-19-22-25-28-31-33-36-38-41-44-47-50-53-56-59-65(68)71-62-63(61-70-64(67)58-55-52-49-46-43-40-37-34-30-27-24-21-18-15-12-9-6-3)72-66(69)60-57-54-51-48-45-42-39-35-32-29-26-23-20-17-14-11-8-5-2/h11,14,17,20,23,26-27,29-33,35,39,63H,4-10,12-13,15-16,18-19,21-22,24-25,28,34,36-38,40-62H2,1-3H3/b14-11-,20-17-,26-23-,30-27-,32-29-,33-31-,39-35-. The van der Waals surface area contributed by atoms with Crippen LogP contribution in [0.1, 0.15) is 297 Å². The lowest BCUT2D eigenvalue weighted by molar-refractivity contribution is -0.167. The predicted molar refractivity (Wildman–Crippen MR) is 311 cm³/mol. The molecule has 0 aromatic carbocycles. The average Bonchev–Trinajstić information content (AvgIpc) is 3.38. The molecule has 0 aromatic rings. The molecule has 6 nitrogen and oxygen atoms in total. The van der Waals surface area contributed by atoms with E-state index in [-0.39, 0.29) is 31.1 Å². The van der Waals surface area contributed by atoms with Gasteiger partial charge in [0.25, 0.3) is 0 Å². The Balaban J connectivity index is 4.44. The lowest BCUT2D eigenvalue weighted by Gasteiger charge is -2.18. The number of ether oxygens (including phenoxy) is 3. The van der Waals surface area contributed by atoms with Gasteiger partial charge < -0.3 is 14.2 Å². The Morgan fingerprint density at radius 1 is 0.278 bits per heavy atom. The van der Waals surface area contributed by atoms with Crippen LogP contribution in [0.25, 0.3) is 0 Å². The Hall–Kier alpha value is -3.41. The first-order valence-electron chi connectivity index (χ1n) is 30.7. The highest BCUT2D eigenvalue weighted by atomic mass is 16.6. The summed E-state index contributed by atoms with van der Waals surface area (Å²) in [5.41, 5.74) is 0. The van der Waals surface area contributed by atoms with Gasteiger partial charge in [-0.1, -0.05) is 273 Å². The van der Waals surface area contributed by atoms with Crippen molar-refractivity contribution < 1.29 is 28.6 Å². The lowest BCUT2D eigenvalue weighted by atomic mass is 10.1. The van der Waals surface area contributed by atoms with E-state index in [0.29, 0.717) is 19.3 Å². The number of unbranched alkanes of at least 4 members (excludes halogenated alkanes) is 34. The number of hydrogen-bond acceptors (Lipinski definition) is 6. The fraction of sp³-hybridized carbons (Fsp3) is 0.742. The van der Waals surface area contributed by atoms with Gasteiger partial charge in [-0.3, -0.25) is 14.4 Å². The quantitative estimate of drug-likeness (QED) is 0.0199. The third-order valence-corrected chi connectivity index (χ3v) is 13.2. The van der Waals surface area contributed by atoms with Crippen LogP contribution in [-0.4, -0.2) is 37.2 Å². The number of esters is 3. The van der Waals surface area contributed by atoms with Crippen molar-refractivity contribution in [2.45, 2.75) is 303 Å². The monoisotopic (exact) mass is 1000 g/mol. The highest BCUT2D eigenvalue weighted by Gasteiger charge is 2.19. The number of carbonyl (C=O) groups excluding carboxylic acids is 3. The Morgan fingerprint density at radius 3 is 0.875 bits per heavy atom. The summed E-state index contributed by atoms with van der Waals surface area (Å²) < 4.78 is 16.9. The van der Waals surface area contributed by atoms with Crippen LogP contribution in [0.2, 0.25) is 0 Å². The van der Waals surface area contributed by atoms with Crippen LogP contribution < -0.4 is 0 Å². The Kier molecular flexibility index (Phi) is 57.3. The molecule has 0 bridgehead atoms. The molecule has 0 radical (unpaired) electrons. The summed E-state index contributed by atoms with van der Waals surface area (Å²) in [4.78, 5) is 38.3. The minimum Gasteiger partial charge on any atom is -0.462 e. The molecule has 0 N–H and O–H groups in total. The van der Waals surface area contributed by atoms with Gasteiger partial charge in [0.1, 0.15) is 13.2 Å². The second kappa shape index (κ2) is 60.1. The molecule has 0 aliphatic carbocycles. The number of hydrogen-bond donors (Lipinski definition) is 0. The smallest absolute Gasteiger partial charge is 0.306 e. The van der Waals surface area contributed by atoms with Gasteiger partial charge in [0.15, 0.2) is 6.10 Å². The van der Waals surface area contributed by atoms with E-state index < -0.39 is 6.10 Å². The summed E-state index contributed by atoms with van der Waals surface area (Å²) in [7, 11) is 0. The maximum atomic E-state index is 12.9. The molecule has 72 heavy (non-hydrogen) atoms. The molecule has 0 fully saturated rings. The summed E-state index contributed by atoms with van der Waals surface area (Å²) in [6.45, 7) is 6.55. The Bertz CT molecular complexity index is 1380. The Labute approximate surface area is 445 Å². The minimum absolute atomic E-state index is 0.0902. The highest BCUT2D eigenvalue weighted by Crippen LogP contribution is 2.15. The normalized spacial score (nSPS) is 12.7. The van der Waals surface area contributed by atoms with Crippen LogP contribution in [0.15, 0.2) is 85.1 Å². The first-order valence-corrected chi connectivity index (χ1v) is 30.7. The van der Waals surface area contributed by atoms with E-state index in [4.69, 9.17) is 14.2 Å². The summed E-state index contributed by atoms with van der Waals surface area (Å²) in [5.74, 6) is -0.914. The maximum Gasteiger partial charge on any atom is 0.306 e. The van der Waals surface area contributed by atoms with E-state index in [1.807, 2.05) is 24.3 Å². The van der Waals surface area contributed by atoms with Gasteiger partial charge in [-0.2, -0.15) is 0 Å². The van der Waals surface area contributed by atoms with Crippen molar-refractivity contribution in [3.8, 4) is 0 Å². The van der Waals surface area contributed by atoms with Crippen LogP contribution >= 0.6 is 0 Å². The van der Waals surface area contributed by atoms with Crippen LogP contribution in [0, 0.1) is 0 Å². The van der Waals surface area contributed by atoms with E-state index in [9.17, 15) is 14.4 Å². The summed E-state index contributed by atoms with van der Waals surface area (Å²) in [5, 5.41) is 0. The van der Waals surface area contributed by atoms with Crippen molar-refractivity contribution in [1.29, 1.82) is 0 Å². The fourth-order valence-electron chi connectivity index (χ4n) is 8.58. The van der Waals surface area contributed by atoms with E-state index in [1.165, 1.54) is 173 Å². The molecule has 414 valence electrons. The molecule has 0 aliphatic heterocycles. The lowest BCUT2D eigenvalue weighted by Crippen LogP contribution is -2.30. The van der Waals surface area contributed by atoms with E-state index >= 15 is 0 Å². The van der Waals surface area contributed by atoms with Crippen molar-refractivity contribution in [2.24, 2.45) is 0 Å². The predicted octanol–water partition coefficient (Wildman–Crippen LogP) is 20.7. The first kappa shape index (κ1) is 68.6. The van der Waals surface area contributed by atoms with Crippen LogP contribution in [0.4, 0.5) is 0 Å². The number of allylic oxidation sites excluding steroid dienone is 14. The van der Waals surface area contributed by atoms with Gasteiger partial charge in [-0.05, 0) is 89.9 Å².